The third-order valence-corrected chi connectivity index (χ3v) is 11.4. The number of rotatable bonds is 49. The lowest BCUT2D eigenvalue weighted by atomic mass is 10.1. The normalized spacial score (nSPS) is 13.0. The summed E-state index contributed by atoms with van der Waals surface area (Å²) in [6, 6.07) is 0. The van der Waals surface area contributed by atoms with Gasteiger partial charge in [0.05, 0.1) is 0 Å². The van der Waals surface area contributed by atoms with Gasteiger partial charge in [-0.1, -0.05) is 219 Å². The molecule has 0 heterocycles. The van der Waals surface area contributed by atoms with Crippen LogP contribution in [-0.2, 0) is 28.6 Å². The Bertz CT molecular complexity index is 1470. The first kappa shape index (κ1) is 64.8. The fraction of sp³-hybridized carbons (Fsp3) is 0.635. The van der Waals surface area contributed by atoms with Crippen molar-refractivity contribution in [1.82, 2.24) is 0 Å². The number of esters is 3. The van der Waals surface area contributed by atoms with Crippen molar-refractivity contribution in [2.45, 2.75) is 245 Å². The molecule has 0 saturated carbocycles. The molecule has 0 unspecified atom stereocenters. The summed E-state index contributed by atoms with van der Waals surface area (Å²) in [4.78, 5) is 38.1. The predicted octanol–water partition coefficient (Wildman–Crippen LogP) is 18.9. The largest absolute Gasteiger partial charge is 0.462 e. The van der Waals surface area contributed by atoms with Crippen molar-refractivity contribution >= 4 is 17.9 Å². The van der Waals surface area contributed by atoms with E-state index in [0.29, 0.717) is 19.3 Å². The molecule has 0 rings (SSSR count). The molecule has 0 spiro atoms. The second-order valence-electron chi connectivity index (χ2n) is 18.1. The van der Waals surface area contributed by atoms with Crippen LogP contribution in [0.5, 0.6) is 0 Å². The van der Waals surface area contributed by atoms with E-state index in [0.717, 1.165) is 83.5 Å². The topological polar surface area (TPSA) is 78.9 Å². The van der Waals surface area contributed by atoms with Gasteiger partial charge in [-0.05, 0) is 122 Å². The molecule has 0 aromatic carbocycles. The van der Waals surface area contributed by atoms with Gasteiger partial charge in [0.2, 0.25) is 0 Å². The smallest absolute Gasteiger partial charge is 0.306 e. The zero-order chi connectivity index (χ0) is 50.0. The van der Waals surface area contributed by atoms with Crippen molar-refractivity contribution in [2.75, 3.05) is 13.2 Å². The van der Waals surface area contributed by atoms with E-state index >= 15 is 0 Å². The number of hydrogen-bond donors (Lipinski definition) is 0. The molecule has 390 valence electrons. The molecular weight excluding hydrogens is 853 g/mol. The number of hydrogen-bond acceptors (Lipinski definition) is 6. The maximum atomic E-state index is 12.8. The van der Waals surface area contributed by atoms with E-state index in [-0.39, 0.29) is 44.0 Å². The highest BCUT2D eigenvalue weighted by molar-refractivity contribution is 5.71. The molecule has 0 amide bonds. The van der Waals surface area contributed by atoms with E-state index in [1.54, 1.807) is 0 Å². The minimum atomic E-state index is -0.829. The van der Waals surface area contributed by atoms with E-state index in [1.165, 1.54) is 103 Å². The third kappa shape index (κ3) is 54.6. The average molecular weight is 956 g/mol. The van der Waals surface area contributed by atoms with Crippen molar-refractivity contribution in [2.24, 2.45) is 0 Å². The highest BCUT2D eigenvalue weighted by Crippen LogP contribution is 2.13. The Morgan fingerprint density at radius 3 is 0.971 bits per heavy atom. The predicted molar refractivity (Wildman–Crippen MR) is 297 cm³/mol. The molecule has 0 aromatic rings. The second-order valence-corrected chi connectivity index (χ2v) is 18.1. The van der Waals surface area contributed by atoms with Crippen LogP contribution >= 0.6 is 0 Å². The Labute approximate surface area is 424 Å². The van der Waals surface area contributed by atoms with E-state index in [2.05, 4.69) is 142 Å². The summed E-state index contributed by atoms with van der Waals surface area (Å²) in [7, 11) is 0. The van der Waals surface area contributed by atoms with Crippen LogP contribution in [0.4, 0.5) is 0 Å². The van der Waals surface area contributed by atoms with Gasteiger partial charge < -0.3 is 14.2 Å². The van der Waals surface area contributed by atoms with Crippen molar-refractivity contribution in [1.29, 1.82) is 0 Å². The molecular formula is C63H102O6. The standard InChI is InChI=1S/C63H102O6/c1-4-7-10-13-16-19-22-25-28-31-34-37-40-43-46-49-52-55-61(64)67-58-60(69-63(66)57-54-51-48-45-42-39-36-33-30-27-24-21-18-15-12-9-6-3)59-68-62(65)56-53-50-47-44-41-38-35-32-29-26-23-20-17-14-11-8-5-2/h7,10,16-17,19-20,25-30,34-35,37-38,43-44,46-47,60H,4-6,8-9,11-15,18,21-24,31-33,36,39-42,45,48-59H2,1-3H3/b10-7-,19-16-,20-17-,28-25-,29-26-,30-27-,37-34-,38-35-,46-43-,47-44-/t60-/m1/s1. The van der Waals surface area contributed by atoms with E-state index in [9.17, 15) is 14.4 Å². The quantitative estimate of drug-likeness (QED) is 0.0262. The Balaban J connectivity index is 4.58. The maximum Gasteiger partial charge on any atom is 0.306 e. The molecule has 0 radical (unpaired) electrons. The summed E-state index contributed by atoms with van der Waals surface area (Å²) in [6.07, 6.45) is 77.6. The van der Waals surface area contributed by atoms with Crippen LogP contribution in [0.15, 0.2) is 122 Å². The van der Waals surface area contributed by atoms with Crippen LogP contribution in [-0.4, -0.2) is 37.2 Å². The van der Waals surface area contributed by atoms with Crippen LogP contribution in [0.1, 0.15) is 239 Å². The molecule has 6 nitrogen and oxygen atoms in total. The molecule has 0 aliphatic rings. The first-order valence-corrected chi connectivity index (χ1v) is 28.0. The van der Waals surface area contributed by atoms with Crippen LogP contribution < -0.4 is 0 Å². The highest BCUT2D eigenvalue weighted by atomic mass is 16.6. The Kier molecular flexibility index (Phi) is 53.0. The average Bonchev–Trinajstić information content (AvgIpc) is 3.35. The number of carbonyl (C=O) groups is 3. The summed E-state index contributed by atoms with van der Waals surface area (Å²) in [5, 5.41) is 0. The second kappa shape index (κ2) is 56.4. The summed E-state index contributed by atoms with van der Waals surface area (Å²) >= 11 is 0. The molecule has 0 saturated heterocycles. The van der Waals surface area contributed by atoms with Gasteiger partial charge in [-0.2, -0.15) is 0 Å². The number of allylic oxidation sites excluding steroid dienone is 20. The van der Waals surface area contributed by atoms with Crippen LogP contribution in [0.25, 0.3) is 0 Å². The first-order chi connectivity index (χ1) is 34.0. The van der Waals surface area contributed by atoms with Crippen molar-refractivity contribution < 1.29 is 28.6 Å². The van der Waals surface area contributed by atoms with E-state index in [1.807, 2.05) is 0 Å². The zero-order valence-electron chi connectivity index (χ0n) is 44.5. The number of unbranched alkanes of at least 4 members (excludes halogenated alkanes) is 18. The molecule has 1 atom stereocenters. The minimum Gasteiger partial charge on any atom is -0.462 e. The lowest BCUT2D eigenvalue weighted by Crippen LogP contribution is -2.30. The lowest BCUT2D eigenvalue weighted by molar-refractivity contribution is -0.167. The highest BCUT2D eigenvalue weighted by Gasteiger charge is 2.19. The van der Waals surface area contributed by atoms with Crippen LogP contribution in [0.3, 0.4) is 0 Å². The minimum absolute atomic E-state index is 0.129. The van der Waals surface area contributed by atoms with Gasteiger partial charge in [-0.15, -0.1) is 0 Å². The SMILES string of the molecule is CC/C=C\C/C=C\C/C=C\C/C=C\C/C=C\CCCC(=O)OC[C@H](COC(=O)CCC/C=C\C/C=C\C/C=C\C/C=C\CCCCC)OC(=O)CCCCCCCCC/C=C\CCCCCCCC. The first-order valence-electron chi connectivity index (χ1n) is 28.0. The van der Waals surface area contributed by atoms with Gasteiger partial charge >= 0.3 is 17.9 Å². The van der Waals surface area contributed by atoms with Crippen LogP contribution in [0.2, 0.25) is 0 Å². The fourth-order valence-corrected chi connectivity index (χ4v) is 7.23. The van der Waals surface area contributed by atoms with Gasteiger partial charge in [-0.3, -0.25) is 14.4 Å². The van der Waals surface area contributed by atoms with Gasteiger partial charge in [0.15, 0.2) is 6.10 Å². The fourth-order valence-electron chi connectivity index (χ4n) is 7.23. The molecule has 6 heteroatoms. The molecule has 0 aromatic heterocycles. The van der Waals surface area contributed by atoms with Crippen molar-refractivity contribution in [3.63, 3.8) is 0 Å². The van der Waals surface area contributed by atoms with Gasteiger partial charge in [0.1, 0.15) is 13.2 Å². The number of ether oxygens (including phenoxy) is 3. The Morgan fingerprint density at radius 2 is 0.580 bits per heavy atom. The van der Waals surface area contributed by atoms with Crippen LogP contribution in [0, 0.1) is 0 Å². The molecule has 0 aliphatic heterocycles. The molecule has 0 fully saturated rings. The summed E-state index contributed by atoms with van der Waals surface area (Å²) in [6.45, 7) is 6.39. The van der Waals surface area contributed by atoms with Crippen molar-refractivity contribution in [3.8, 4) is 0 Å². The molecule has 69 heavy (non-hydrogen) atoms. The van der Waals surface area contributed by atoms with E-state index < -0.39 is 6.10 Å². The number of carbonyl (C=O) groups excluding carboxylic acids is 3. The summed E-state index contributed by atoms with van der Waals surface area (Å²) in [5.74, 6) is -1.05. The Hall–Kier alpha value is -4.19. The molecule has 0 aliphatic carbocycles. The van der Waals surface area contributed by atoms with Gasteiger partial charge in [0, 0.05) is 19.3 Å². The monoisotopic (exact) mass is 955 g/mol. The molecule has 0 N–H and O–H groups in total. The third-order valence-electron chi connectivity index (χ3n) is 11.4. The lowest BCUT2D eigenvalue weighted by Gasteiger charge is -2.18. The Morgan fingerprint density at radius 1 is 0.304 bits per heavy atom. The summed E-state index contributed by atoms with van der Waals surface area (Å²) in [5.41, 5.74) is 0. The summed E-state index contributed by atoms with van der Waals surface area (Å²) < 4.78 is 16.7. The maximum absolute atomic E-state index is 12.8. The van der Waals surface area contributed by atoms with Gasteiger partial charge in [0.25, 0.3) is 0 Å². The van der Waals surface area contributed by atoms with E-state index in [4.69, 9.17) is 14.2 Å². The molecule has 0 bridgehead atoms. The zero-order valence-corrected chi connectivity index (χ0v) is 44.5. The van der Waals surface area contributed by atoms with Gasteiger partial charge in [-0.25, -0.2) is 0 Å². The van der Waals surface area contributed by atoms with Crippen molar-refractivity contribution in [3.05, 3.63) is 122 Å².